The minimum absolute atomic E-state index is 0.914. The van der Waals surface area contributed by atoms with Crippen molar-refractivity contribution in [2.75, 3.05) is 6.54 Å². The van der Waals surface area contributed by atoms with E-state index in [0.717, 1.165) is 19.6 Å². The van der Waals surface area contributed by atoms with Crippen molar-refractivity contribution in [3.8, 4) is 0 Å². The molecule has 20 heavy (non-hydrogen) atoms. The van der Waals surface area contributed by atoms with Gasteiger partial charge in [-0.3, -0.25) is 0 Å². The number of nitrogens with zero attached hydrogens (tertiary/aromatic N) is 1. The van der Waals surface area contributed by atoms with E-state index in [0.29, 0.717) is 0 Å². The maximum Gasteiger partial charge on any atom is 0.0702 e. The molecule has 0 spiro atoms. The fraction of sp³-hybridized carbons (Fsp3) is 0.250. The molecule has 0 saturated carbocycles. The molecule has 0 bridgehead atoms. The normalized spacial score (nSPS) is 11.3. The molecular formula is C16H17BrN2S. The largest absolute Gasteiger partial charge is 0.338 e. The Bertz CT molecular complexity index is 714. The number of thiophene rings is 1. The van der Waals surface area contributed by atoms with Gasteiger partial charge in [0.15, 0.2) is 0 Å². The highest BCUT2D eigenvalue weighted by molar-refractivity contribution is 9.11. The van der Waals surface area contributed by atoms with Gasteiger partial charge in [0, 0.05) is 22.6 Å². The third-order valence-electron chi connectivity index (χ3n) is 3.40. The quantitative estimate of drug-likeness (QED) is 0.711. The Morgan fingerprint density at radius 2 is 2.05 bits per heavy atom. The second-order valence-electron chi connectivity index (χ2n) is 4.77. The molecule has 0 aliphatic rings. The van der Waals surface area contributed by atoms with Gasteiger partial charge in [-0.05, 0) is 52.1 Å². The number of aromatic nitrogens is 1. The summed E-state index contributed by atoms with van der Waals surface area (Å²) >= 11 is 5.35. The first-order valence-electron chi connectivity index (χ1n) is 6.80. The molecule has 2 nitrogen and oxygen atoms in total. The van der Waals surface area contributed by atoms with Crippen LogP contribution < -0.4 is 5.32 Å². The molecule has 104 valence electrons. The molecule has 1 aromatic carbocycles. The molecule has 0 aliphatic heterocycles. The fourth-order valence-corrected chi connectivity index (χ4v) is 3.92. The highest BCUT2D eigenvalue weighted by atomic mass is 79.9. The zero-order chi connectivity index (χ0) is 13.9. The van der Waals surface area contributed by atoms with Crippen LogP contribution in [0, 0.1) is 0 Å². The molecule has 0 amide bonds. The molecular weight excluding hydrogens is 332 g/mol. The highest BCUT2D eigenvalue weighted by Gasteiger charge is 2.09. The van der Waals surface area contributed by atoms with Crippen molar-refractivity contribution in [2.45, 2.75) is 20.0 Å². The van der Waals surface area contributed by atoms with Crippen LogP contribution in [0.25, 0.3) is 10.9 Å². The van der Waals surface area contributed by atoms with Crippen molar-refractivity contribution in [1.82, 2.24) is 9.88 Å². The maximum atomic E-state index is 3.54. The van der Waals surface area contributed by atoms with Gasteiger partial charge in [0.25, 0.3) is 0 Å². The first-order valence-corrected chi connectivity index (χ1v) is 8.41. The average molecular weight is 349 g/mol. The third-order valence-corrected chi connectivity index (χ3v) is 5.00. The number of halogens is 1. The van der Waals surface area contributed by atoms with E-state index in [9.17, 15) is 0 Å². The summed E-state index contributed by atoms with van der Waals surface area (Å²) in [6.07, 6.45) is 0. The summed E-state index contributed by atoms with van der Waals surface area (Å²) < 4.78 is 3.60. The zero-order valence-electron chi connectivity index (χ0n) is 11.4. The maximum absolute atomic E-state index is 3.54. The van der Waals surface area contributed by atoms with Crippen LogP contribution >= 0.6 is 27.3 Å². The SMILES string of the molecule is CCNCc1cc2ccccc2n1Cc1ccc(Br)s1. The second-order valence-corrected chi connectivity index (χ2v) is 7.31. The topological polar surface area (TPSA) is 17.0 Å². The summed E-state index contributed by atoms with van der Waals surface area (Å²) in [5.41, 5.74) is 2.66. The lowest BCUT2D eigenvalue weighted by atomic mass is 10.2. The predicted molar refractivity (Wildman–Crippen MR) is 90.4 cm³/mol. The van der Waals surface area contributed by atoms with Crippen LogP contribution in [-0.4, -0.2) is 11.1 Å². The van der Waals surface area contributed by atoms with Crippen LogP contribution in [0.4, 0.5) is 0 Å². The molecule has 2 aromatic heterocycles. The van der Waals surface area contributed by atoms with E-state index in [1.165, 1.54) is 25.3 Å². The van der Waals surface area contributed by atoms with Crippen LogP contribution in [0.3, 0.4) is 0 Å². The Hall–Kier alpha value is -1.10. The van der Waals surface area contributed by atoms with Gasteiger partial charge in [0.05, 0.1) is 10.3 Å². The highest BCUT2D eigenvalue weighted by Crippen LogP contribution is 2.26. The molecule has 0 aliphatic carbocycles. The number of hydrogen-bond donors (Lipinski definition) is 1. The van der Waals surface area contributed by atoms with Crippen LogP contribution in [0.15, 0.2) is 46.3 Å². The van der Waals surface area contributed by atoms with Crippen molar-refractivity contribution in [2.24, 2.45) is 0 Å². The van der Waals surface area contributed by atoms with E-state index in [1.54, 1.807) is 11.3 Å². The molecule has 4 heteroatoms. The van der Waals surface area contributed by atoms with Crippen LogP contribution in [-0.2, 0) is 13.1 Å². The minimum Gasteiger partial charge on any atom is -0.338 e. The number of nitrogens with one attached hydrogen (secondary N) is 1. The Morgan fingerprint density at radius 1 is 1.20 bits per heavy atom. The van der Waals surface area contributed by atoms with Crippen molar-refractivity contribution >= 4 is 38.2 Å². The monoisotopic (exact) mass is 348 g/mol. The lowest BCUT2D eigenvalue weighted by molar-refractivity contribution is 0.669. The van der Waals surface area contributed by atoms with E-state index in [4.69, 9.17) is 0 Å². The lowest BCUT2D eigenvalue weighted by Gasteiger charge is -2.10. The summed E-state index contributed by atoms with van der Waals surface area (Å²) in [7, 11) is 0. The van der Waals surface area contributed by atoms with E-state index in [2.05, 4.69) is 75.2 Å². The second kappa shape index (κ2) is 6.12. The number of fused-ring (bicyclic) bond motifs is 1. The minimum atomic E-state index is 0.914. The average Bonchev–Trinajstić information content (AvgIpc) is 3.02. The molecule has 0 fully saturated rings. The van der Waals surface area contributed by atoms with E-state index < -0.39 is 0 Å². The standard InChI is InChI=1S/C16H17BrN2S/c1-2-18-10-13-9-12-5-3-4-6-15(12)19(13)11-14-7-8-16(17)20-14/h3-9,18H,2,10-11H2,1H3. The van der Waals surface area contributed by atoms with E-state index >= 15 is 0 Å². The first kappa shape index (κ1) is 13.9. The summed E-state index contributed by atoms with van der Waals surface area (Å²) in [4.78, 5) is 1.37. The molecule has 2 heterocycles. The van der Waals surface area contributed by atoms with E-state index in [1.807, 2.05) is 0 Å². The summed E-state index contributed by atoms with van der Waals surface area (Å²) in [5, 5.41) is 4.75. The molecule has 3 rings (SSSR count). The van der Waals surface area contributed by atoms with Crippen LogP contribution in [0.1, 0.15) is 17.5 Å². The number of rotatable bonds is 5. The third kappa shape index (κ3) is 2.82. The van der Waals surface area contributed by atoms with Crippen molar-refractivity contribution < 1.29 is 0 Å². The molecule has 3 aromatic rings. The molecule has 0 saturated heterocycles. The Balaban J connectivity index is 2.01. The van der Waals surface area contributed by atoms with Gasteiger partial charge >= 0.3 is 0 Å². The zero-order valence-corrected chi connectivity index (χ0v) is 13.8. The van der Waals surface area contributed by atoms with Gasteiger partial charge in [0.2, 0.25) is 0 Å². The van der Waals surface area contributed by atoms with Crippen molar-refractivity contribution in [3.05, 3.63) is 56.8 Å². The summed E-state index contributed by atoms with van der Waals surface area (Å²) in [6, 6.07) is 15.2. The van der Waals surface area contributed by atoms with Gasteiger partial charge in [-0.25, -0.2) is 0 Å². The van der Waals surface area contributed by atoms with Gasteiger partial charge < -0.3 is 9.88 Å². The molecule has 0 radical (unpaired) electrons. The van der Waals surface area contributed by atoms with Gasteiger partial charge in [-0.1, -0.05) is 25.1 Å². The van der Waals surface area contributed by atoms with Gasteiger partial charge in [-0.2, -0.15) is 0 Å². The molecule has 1 N–H and O–H groups in total. The number of hydrogen-bond acceptors (Lipinski definition) is 2. The van der Waals surface area contributed by atoms with Crippen LogP contribution in [0.2, 0.25) is 0 Å². The summed E-state index contributed by atoms with van der Waals surface area (Å²) in [5.74, 6) is 0. The fourth-order valence-electron chi connectivity index (χ4n) is 2.45. The Kier molecular flexibility index (Phi) is 4.24. The predicted octanol–water partition coefficient (Wildman–Crippen LogP) is 4.62. The van der Waals surface area contributed by atoms with E-state index in [-0.39, 0.29) is 0 Å². The number of benzene rings is 1. The smallest absolute Gasteiger partial charge is 0.0702 e. The van der Waals surface area contributed by atoms with Gasteiger partial charge in [-0.15, -0.1) is 11.3 Å². The van der Waals surface area contributed by atoms with Gasteiger partial charge in [0.1, 0.15) is 0 Å². The lowest BCUT2D eigenvalue weighted by Crippen LogP contribution is -2.15. The first-order chi connectivity index (χ1) is 9.78. The molecule has 0 atom stereocenters. The number of para-hydroxylation sites is 1. The van der Waals surface area contributed by atoms with Crippen molar-refractivity contribution in [3.63, 3.8) is 0 Å². The summed E-state index contributed by atoms with van der Waals surface area (Å²) in [6.45, 7) is 4.98. The Morgan fingerprint density at radius 3 is 2.80 bits per heavy atom. The Labute approximate surface area is 131 Å². The van der Waals surface area contributed by atoms with Crippen molar-refractivity contribution in [1.29, 1.82) is 0 Å². The van der Waals surface area contributed by atoms with Crippen LogP contribution in [0.5, 0.6) is 0 Å². The molecule has 0 unspecified atom stereocenters.